The summed E-state index contributed by atoms with van der Waals surface area (Å²) in [5.74, 6) is -0.331. The van der Waals surface area contributed by atoms with Gasteiger partial charge >= 0.3 is 5.97 Å². The molecule has 0 amide bonds. The number of carboxylic acid groups (broad SMARTS) is 1. The van der Waals surface area contributed by atoms with Crippen molar-refractivity contribution in [3.8, 4) is 0 Å². The van der Waals surface area contributed by atoms with Crippen LogP contribution in [0.25, 0.3) is 0 Å². The lowest BCUT2D eigenvalue weighted by Crippen LogP contribution is -2.11. The van der Waals surface area contributed by atoms with Crippen LogP contribution in [0, 0.1) is 0 Å². The Morgan fingerprint density at radius 3 is 3.00 bits per heavy atom. The largest absolute Gasteiger partial charge is 0.478 e. The van der Waals surface area contributed by atoms with Gasteiger partial charge in [-0.2, -0.15) is 0 Å². The molecule has 0 atom stereocenters. The molecule has 0 radical (unpaired) electrons. The van der Waals surface area contributed by atoms with Crippen molar-refractivity contribution in [1.29, 1.82) is 0 Å². The van der Waals surface area contributed by atoms with E-state index in [1.54, 1.807) is 11.3 Å². The second-order valence-electron chi connectivity index (χ2n) is 3.29. The summed E-state index contributed by atoms with van der Waals surface area (Å²) in [6.07, 6.45) is 1.25. The van der Waals surface area contributed by atoms with Crippen LogP contribution in [0.4, 0.5) is 0 Å². The van der Waals surface area contributed by atoms with Crippen molar-refractivity contribution in [3.63, 3.8) is 0 Å². The maximum atomic E-state index is 10.6. The van der Waals surface area contributed by atoms with Gasteiger partial charge in [0.25, 0.3) is 0 Å². The van der Waals surface area contributed by atoms with Crippen molar-refractivity contribution in [2.24, 2.45) is 0 Å². The summed E-state index contributed by atoms with van der Waals surface area (Å²) in [6.45, 7) is 1.30. The van der Waals surface area contributed by atoms with Gasteiger partial charge in [0.1, 0.15) is 12.0 Å². The topological polar surface area (TPSA) is 62.5 Å². The fourth-order valence-electron chi connectivity index (χ4n) is 1.31. The molecule has 0 saturated carbocycles. The summed E-state index contributed by atoms with van der Waals surface area (Å²) >= 11 is 1.68. The van der Waals surface area contributed by atoms with Gasteiger partial charge in [-0.05, 0) is 17.5 Å². The van der Waals surface area contributed by atoms with Gasteiger partial charge in [-0.1, -0.05) is 6.07 Å². The summed E-state index contributed by atoms with van der Waals surface area (Å²) in [4.78, 5) is 11.8. The van der Waals surface area contributed by atoms with Crippen LogP contribution >= 0.6 is 11.3 Å². The summed E-state index contributed by atoms with van der Waals surface area (Å²) in [5.41, 5.74) is 0.188. The van der Waals surface area contributed by atoms with Gasteiger partial charge in [-0.3, -0.25) is 0 Å². The molecule has 0 aliphatic rings. The Bertz CT molecular complexity index is 461. The standard InChI is InChI=1S/C11H11NO3S/c13-11(14)8-4-9(15-7-8)5-12-6-10-2-1-3-16-10/h1-4,7,12H,5-6H2,(H,13,14). The van der Waals surface area contributed by atoms with Crippen molar-refractivity contribution in [3.05, 3.63) is 46.0 Å². The lowest BCUT2D eigenvalue weighted by molar-refractivity contribution is 0.0696. The van der Waals surface area contributed by atoms with Crippen LogP contribution in [0.3, 0.4) is 0 Å². The monoisotopic (exact) mass is 237 g/mol. The number of nitrogens with one attached hydrogen (secondary N) is 1. The van der Waals surface area contributed by atoms with Crippen LogP contribution in [0.15, 0.2) is 34.3 Å². The average molecular weight is 237 g/mol. The molecule has 0 saturated heterocycles. The zero-order valence-corrected chi connectivity index (χ0v) is 9.29. The summed E-state index contributed by atoms with van der Waals surface area (Å²) in [7, 11) is 0. The van der Waals surface area contributed by atoms with Crippen molar-refractivity contribution < 1.29 is 14.3 Å². The number of hydrogen-bond acceptors (Lipinski definition) is 4. The number of rotatable bonds is 5. The quantitative estimate of drug-likeness (QED) is 0.837. The number of furan rings is 1. The van der Waals surface area contributed by atoms with E-state index in [1.165, 1.54) is 17.2 Å². The Balaban J connectivity index is 1.83. The predicted molar refractivity (Wildman–Crippen MR) is 60.5 cm³/mol. The Morgan fingerprint density at radius 2 is 2.38 bits per heavy atom. The molecule has 0 spiro atoms. The van der Waals surface area contributed by atoms with E-state index in [4.69, 9.17) is 9.52 Å². The highest BCUT2D eigenvalue weighted by Crippen LogP contribution is 2.10. The molecule has 0 fully saturated rings. The normalized spacial score (nSPS) is 10.5. The number of carboxylic acids is 1. The van der Waals surface area contributed by atoms with Gasteiger partial charge in [0.05, 0.1) is 12.1 Å². The van der Waals surface area contributed by atoms with Crippen molar-refractivity contribution in [1.82, 2.24) is 5.32 Å². The minimum absolute atomic E-state index is 0.188. The molecule has 0 bridgehead atoms. The Hall–Kier alpha value is -1.59. The predicted octanol–water partition coefficient (Wildman–Crippen LogP) is 2.33. The fourth-order valence-corrected chi connectivity index (χ4v) is 1.98. The van der Waals surface area contributed by atoms with E-state index in [0.29, 0.717) is 12.3 Å². The van der Waals surface area contributed by atoms with Crippen molar-refractivity contribution in [2.75, 3.05) is 0 Å². The maximum absolute atomic E-state index is 10.6. The van der Waals surface area contributed by atoms with Gasteiger partial charge in [-0.25, -0.2) is 4.79 Å². The highest BCUT2D eigenvalue weighted by Gasteiger charge is 2.07. The van der Waals surface area contributed by atoms with Gasteiger partial charge in [-0.15, -0.1) is 11.3 Å². The summed E-state index contributed by atoms with van der Waals surface area (Å²) < 4.78 is 5.11. The molecular weight excluding hydrogens is 226 g/mol. The highest BCUT2D eigenvalue weighted by molar-refractivity contribution is 7.09. The number of hydrogen-bond donors (Lipinski definition) is 2. The zero-order chi connectivity index (χ0) is 11.4. The first-order valence-electron chi connectivity index (χ1n) is 4.79. The van der Waals surface area contributed by atoms with E-state index >= 15 is 0 Å². The van der Waals surface area contributed by atoms with Crippen LogP contribution in [-0.4, -0.2) is 11.1 Å². The number of carbonyl (C=O) groups is 1. The van der Waals surface area contributed by atoms with E-state index in [-0.39, 0.29) is 5.56 Å². The third kappa shape index (κ3) is 2.71. The van der Waals surface area contributed by atoms with Crippen LogP contribution in [0.5, 0.6) is 0 Å². The summed E-state index contributed by atoms with van der Waals surface area (Å²) in [6, 6.07) is 5.57. The third-order valence-corrected chi connectivity index (χ3v) is 2.96. The Labute approximate surface area is 96.5 Å². The molecule has 5 heteroatoms. The molecule has 2 N–H and O–H groups in total. The summed E-state index contributed by atoms with van der Waals surface area (Å²) in [5, 5.41) is 13.9. The second kappa shape index (κ2) is 4.96. The molecular formula is C11H11NO3S. The van der Waals surface area contributed by atoms with E-state index in [1.807, 2.05) is 17.5 Å². The molecule has 0 aliphatic carbocycles. The van der Waals surface area contributed by atoms with Crippen molar-refractivity contribution >= 4 is 17.3 Å². The first-order chi connectivity index (χ1) is 7.75. The number of thiophene rings is 1. The Morgan fingerprint density at radius 1 is 1.50 bits per heavy atom. The maximum Gasteiger partial charge on any atom is 0.338 e. The van der Waals surface area contributed by atoms with E-state index in [0.717, 1.165) is 6.54 Å². The third-order valence-electron chi connectivity index (χ3n) is 2.08. The molecule has 16 heavy (non-hydrogen) atoms. The minimum atomic E-state index is -0.965. The molecule has 2 rings (SSSR count). The van der Waals surface area contributed by atoms with Crippen LogP contribution < -0.4 is 5.32 Å². The first kappa shape index (κ1) is 10.9. The van der Waals surface area contributed by atoms with Gasteiger partial charge in [0.2, 0.25) is 0 Å². The lowest BCUT2D eigenvalue weighted by atomic mass is 10.3. The number of aromatic carboxylic acids is 1. The minimum Gasteiger partial charge on any atom is -0.478 e. The molecule has 2 aromatic heterocycles. The molecule has 0 aliphatic heterocycles. The lowest BCUT2D eigenvalue weighted by Gasteiger charge is -1.99. The smallest absolute Gasteiger partial charge is 0.338 e. The molecule has 2 aromatic rings. The zero-order valence-electron chi connectivity index (χ0n) is 8.47. The first-order valence-corrected chi connectivity index (χ1v) is 5.67. The van der Waals surface area contributed by atoms with Gasteiger partial charge in [0, 0.05) is 11.4 Å². The molecule has 0 unspecified atom stereocenters. The highest BCUT2D eigenvalue weighted by atomic mass is 32.1. The van der Waals surface area contributed by atoms with Crippen LogP contribution in [-0.2, 0) is 13.1 Å². The van der Waals surface area contributed by atoms with Gasteiger partial charge < -0.3 is 14.8 Å². The Kier molecular flexibility index (Phi) is 3.38. The molecule has 84 valence electrons. The second-order valence-corrected chi connectivity index (χ2v) is 4.32. The van der Waals surface area contributed by atoms with Crippen LogP contribution in [0.2, 0.25) is 0 Å². The van der Waals surface area contributed by atoms with Crippen LogP contribution in [0.1, 0.15) is 21.0 Å². The van der Waals surface area contributed by atoms with E-state index < -0.39 is 5.97 Å². The molecule has 2 heterocycles. The van der Waals surface area contributed by atoms with Crippen molar-refractivity contribution in [2.45, 2.75) is 13.1 Å². The molecule has 4 nitrogen and oxygen atoms in total. The fraction of sp³-hybridized carbons (Fsp3) is 0.182. The SMILES string of the molecule is O=C(O)c1coc(CNCc2cccs2)c1. The van der Waals surface area contributed by atoms with E-state index in [9.17, 15) is 4.79 Å². The van der Waals surface area contributed by atoms with Gasteiger partial charge in [0.15, 0.2) is 0 Å². The van der Waals surface area contributed by atoms with E-state index in [2.05, 4.69) is 5.32 Å². The average Bonchev–Trinajstić information content (AvgIpc) is 2.87. The molecule has 0 aromatic carbocycles.